The topological polar surface area (TPSA) is 128 Å². The van der Waals surface area contributed by atoms with E-state index in [-0.39, 0.29) is 29.2 Å². The fourth-order valence-electron chi connectivity index (χ4n) is 4.96. The minimum absolute atomic E-state index is 0.0819. The number of anilines is 1. The lowest BCUT2D eigenvalue weighted by molar-refractivity contribution is -0.130. The van der Waals surface area contributed by atoms with Crippen molar-refractivity contribution in [2.75, 3.05) is 43.0 Å². The Balaban J connectivity index is 1.19. The van der Waals surface area contributed by atoms with Gasteiger partial charge in [-0.2, -0.15) is 5.10 Å². The molecule has 0 radical (unpaired) electrons. The van der Waals surface area contributed by atoms with E-state index in [0.29, 0.717) is 43.3 Å². The normalized spacial score (nSPS) is 19.7. The minimum Gasteiger partial charge on any atom is -0.342 e. The lowest BCUT2D eigenvalue weighted by Crippen LogP contribution is -2.39. The molecule has 0 aliphatic carbocycles. The maximum atomic E-state index is 12.9. The third-order valence-corrected chi connectivity index (χ3v) is 8.80. The Hall–Kier alpha value is -3.57. The fraction of sp³-hybridized carbons (Fsp3) is 0.407. The number of aromatic nitrogens is 3. The van der Waals surface area contributed by atoms with Gasteiger partial charge < -0.3 is 10.2 Å². The summed E-state index contributed by atoms with van der Waals surface area (Å²) in [6.07, 6.45) is 1.91. The van der Waals surface area contributed by atoms with Crippen molar-refractivity contribution in [2.45, 2.75) is 32.2 Å². The molecule has 2 fully saturated rings. The number of hydrogen-bond donors (Lipinski definition) is 2. The highest BCUT2D eigenvalue weighted by molar-refractivity contribution is 7.91. The Morgan fingerprint density at radius 3 is 2.58 bits per heavy atom. The number of carbonyl (C=O) groups is 2. The van der Waals surface area contributed by atoms with E-state index in [2.05, 4.69) is 25.4 Å². The number of nitrogens with zero attached hydrogens (tertiary/aromatic N) is 4. The van der Waals surface area contributed by atoms with Crippen molar-refractivity contribution >= 4 is 27.3 Å². The van der Waals surface area contributed by atoms with Crippen LogP contribution in [0.2, 0.25) is 0 Å². The van der Waals surface area contributed by atoms with Gasteiger partial charge in [0.15, 0.2) is 15.7 Å². The van der Waals surface area contributed by atoms with Gasteiger partial charge >= 0.3 is 0 Å². The Morgan fingerprint density at radius 2 is 1.84 bits per heavy atom. The molecule has 1 atom stereocenters. The second-order valence-electron chi connectivity index (χ2n) is 10.0. The van der Waals surface area contributed by atoms with Crippen molar-refractivity contribution in [3.05, 3.63) is 65.5 Å². The molecular formula is C27H32N6O4S. The lowest BCUT2D eigenvalue weighted by Gasteiger charge is -2.30. The highest BCUT2D eigenvalue weighted by Crippen LogP contribution is 2.26. The zero-order valence-electron chi connectivity index (χ0n) is 21.4. The minimum atomic E-state index is -2.92. The van der Waals surface area contributed by atoms with Crippen molar-refractivity contribution in [1.29, 1.82) is 0 Å². The second-order valence-corrected chi connectivity index (χ2v) is 12.3. The SMILES string of the molecule is CC(=O)N1CCCC(c2nc(-c3ccc(NC(=O)c4cccc(CN5CCS(=O)(=O)CC5)c4)cc3)n[nH]2)C1. The third-order valence-electron chi connectivity index (χ3n) is 7.19. The summed E-state index contributed by atoms with van der Waals surface area (Å²) in [5, 5.41) is 10.3. The fourth-order valence-corrected chi connectivity index (χ4v) is 6.23. The van der Waals surface area contributed by atoms with Crippen molar-refractivity contribution in [2.24, 2.45) is 0 Å². The van der Waals surface area contributed by atoms with Gasteiger partial charge in [-0.1, -0.05) is 12.1 Å². The summed E-state index contributed by atoms with van der Waals surface area (Å²) in [5.41, 5.74) is 3.00. The van der Waals surface area contributed by atoms with Crippen molar-refractivity contribution in [3.63, 3.8) is 0 Å². The molecule has 0 saturated carbocycles. The number of rotatable bonds is 6. The van der Waals surface area contributed by atoms with Gasteiger partial charge in [0.1, 0.15) is 5.82 Å². The summed E-state index contributed by atoms with van der Waals surface area (Å²) >= 11 is 0. The maximum Gasteiger partial charge on any atom is 0.255 e. The molecule has 3 aromatic rings. The lowest BCUT2D eigenvalue weighted by atomic mass is 9.97. The van der Waals surface area contributed by atoms with Crippen molar-refractivity contribution in [3.8, 4) is 11.4 Å². The predicted octanol–water partition coefficient (Wildman–Crippen LogP) is 2.68. The van der Waals surface area contributed by atoms with E-state index in [1.807, 2.05) is 47.4 Å². The smallest absolute Gasteiger partial charge is 0.255 e. The van der Waals surface area contributed by atoms with Gasteiger partial charge in [-0.05, 0) is 54.8 Å². The Labute approximate surface area is 222 Å². The van der Waals surface area contributed by atoms with Crippen LogP contribution in [0, 0.1) is 0 Å². The van der Waals surface area contributed by atoms with E-state index < -0.39 is 9.84 Å². The van der Waals surface area contributed by atoms with Crippen LogP contribution in [-0.2, 0) is 21.2 Å². The predicted molar refractivity (Wildman–Crippen MR) is 144 cm³/mol. The molecule has 2 aromatic carbocycles. The second kappa shape index (κ2) is 11.0. The Kier molecular flexibility index (Phi) is 7.57. The van der Waals surface area contributed by atoms with Gasteiger partial charge in [0, 0.05) is 62.4 Å². The van der Waals surface area contributed by atoms with Crippen molar-refractivity contribution in [1.82, 2.24) is 25.0 Å². The zero-order valence-corrected chi connectivity index (χ0v) is 22.2. The molecule has 2 amide bonds. The first-order valence-electron chi connectivity index (χ1n) is 12.9. The van der Waals surface area contributed by atoms with Crippen LogP contribution < -0.4 is 5.32 Å². The van der Waals surface area contributed by atoms with Crippen LogP contribution in [0.1, 0.15) is 47.4 Å². The number of amides is 2. The number of H-pyrrole nitrogens is 1. The summed E-state index contributed by atoms with van der Waals surface area (Å²) in [4.78, 5) is 33.3. The largest absolute Gasteiger partial charge is 0.342 e. The molecule has 2 aliphatic rings. The van der Waals surface area contributed by atoms with E-state index >= 15 is 0 Å². The van der Waals surface area contributed by atoms with Crippen LogP contribution in [0.15, 0.2) is 48.5 Å². The number of carbonyl (C=O) groups excluding carboxylic acids is 2. The van der Waals surface area contributed by atoms with Crippen LogP contribution in [-0.4, -0.2) is 82.9 Å². The zero-order chi connectivity index (χ0) is 26.7. The van der Waals surface area contributed by atoms with Gasteiger partial charge in [0.25, 0.3) is 5.91 Å². The summed E-state index contributed by atoms with van der Waals surface area (Å²) in [6.45, 7) is 4.66. The van der Waals surface area contributed by atoms with Gasteiger partial charge in [-0.3, -0.25) is 19.6 Å². The molecule has 0 bridgehead atoms. The summed E-state index contributed by atoms with van der Waals surface area (Å²) in [7, 11) is -2.92. The Bertz CT molecular complexity index is 1410. The molecule has 3 heterocycles. The summed E-state index contributed by atoms with van der Waals surface area (Å²) < 4.78 is 23.3. The van der Waals surface area contributed by atoms with Crippen molar-refractivity contribution < 1.29 is 18.0 Å². The maximum absolute atomic E-state index is 12.9. The molecule has 2 saturated heterocycles. The quantitative estimate of drug-likeness (QED) is 0.496. The molecule has 5 rings (SSSR count). The Morgan fingerprint density at radius 1 is 1.08 bits per heavy atom. The highest BCUT2D eigenvalue weighted by atomic mass is 32.2. The molecule has 11 heteroatoms. The first-order chi connectivity index (χ1) is 18.3. The average molecular weight is 537 g/mol. The van der Waals surface area contributed by atoms with Gasteiger partial charge in [-0.25, -0.2) is 13.4 Å². The monoisotopic (exact) mass is 536 g/mol. The van der Waals surface area contributed by atoms with Crippen LogP contribution in [0.3, 0.4) is 0 Å². The number of hydrogen-bond acceptors (Lipinski definition) is 7. The van der Waals surface area contributed by atoms with E-state index in [9.17, 15) is 18.0 Å². The number of benzene rings is 2. The molecule has 2 N–H and O–H groups in total. The van der Waals surface area contributed by atoms with Gasteiger partial charge in [0.05, 0.1) is 11.5 Å². The molecule has 38 heavy (non-hydrogen) atoms. The number of nitrogens with one attached hydrogen (secondary N) is 2. The first kappa shape index (κ1) is 26.1. The molecule has 10 nitrogen and oxygen atoms in total. The number of piperidine rings is 1. The van der Waals surface area contributed by atoms with E-state index in [0.717, 1.165) is 36.3 Å². The standard InChI is InChI=1S/C27H32N6O4S/c1-19(34)33-11-3-6-23(18-33)26-29-25(30-31-26)21-7-9-24(10-8-21)28-27(35)22-5-2-4-20(16-22)17-32-12-14-38(36,37)15-13-32/h2,4-5,7-10,16,23H,3,6,11-15,17-18H2,1H3,(H,28,35)(H,29,30,31). The van der Waals surface area contributed by atoms with Gasteiger partial charge in [0.2, 0.25) is 5.91 Å². The molecule has 1 unspecified atom stereocenters. The molecule has 200 valence electrons. The summed E-state index contributed by atoms with van der Waals surface area (Å²) in [5.74, 6) is 1.73. The number of sulfone groups is 1. The molecule has 1 aromatic heterocycles. The third kappa shape index (κ3) is 6.28. The van der Waals surface area contributed by atoms with E-state index in [4.69, 9.17) is 0 Å². The first-order valence-corrected chi connectivity index (χ1v) is 14.7. The van der Waals surface area contributed by atoms with Crippen LogP contribution in [0.25, 0.3) is 11.4 Å². The molecular weight excluding hydrogens is 504 g/mol. The molecule has 0 spiro atoms. The highest BCUT2D eigenvalue weighted by Gasteiger charge is 2.26. The number of aromatic amines is 1. The summed E-state index contributed by atoms with van der Waals surface area (Å²) in [6, 6.07) is 14.8. The van der Waals surface area contributed by atoms with Gasteiger partial charge in [-0.15, -0.1) is 0 Å². The number of likely N-dealkylation sites (tertiary alicyclic amines) is 1. The average Bonchev–Trinajstić information content (AvgIpc) is 3.41. The van der Waals surface area contributed by atoms with Crippen LogP contribution >= 0.6 is 0 Å². The molecule has 2 aliphatic heterocycles. The van der Waals surface area contributed by atoms with E-state index in [1.54, 1.807) is 13.0 Å². The van der Waals surface area contributed by atoms with Crippen LogP contribution in [0.5, 0.6) is 0 Å². The van der Waals surface area contributed by atoms with E-state index in [1.165, 1.54) is 0 Å². The van der Waals surface area contributed by atoms with Crippen LogP contribution in [0.4, 0.5) is 5.69 Å².